The first-order chi connectivity index (χ1) is 20.4. The van der Waals surface area contributed by atoms with Gasteiger partial charge in [-0.05, 0) is 42.2 Å². The number of carboxylic acids is 1. The number of para-hydroxylation sites is 1. The Morgan fingerprint density at radius 2 is 1.98 bits per heavy atom. The predicted octanol–water partition coefficient (Wildman–Crippen LogP) is 1.94. The van der Waals surface area contributed by atoms with Gasteiger partial charge in [-0.15, -0.1) is 0 Å². The average Bonchev–Trinajstić information content (AvgIpc) is 3.68. The number of ether oxygens (including phenoxy) is 2. The van der Waals surface area contributed by atoms with Gasteiger partial charge in [-0.3, -0.25) is 19.3 Å². The largest absolute Gasteiger partial charge is 0.481 e. The Bertz CT molecular complexity index is 1320. The van der Waals surface area contributed by atoms with Crippen molar-refractivity contribution in [2.24, 2.45) is 11.7 Å². The molecule has 3 aliphatic rings. The number of nitrogens with two attached hydrogens (primary N) is 1. The Labute approximate surface area is 245 Å². The van der Waals surface area contributed by atoms with Crippen molar-refractivity contribution in [2.75, 3.05) is 51.0 Å². The van der Waals surface area contributed by atoms with E-state index in [1.807, 2.05) is 29.2 Å². The van der Waals surface area contributed by atoms with E-state index in [2.05, 4.69) is 6.92 Å². The number of hydrogen-bond acceptors (Lipinski definition) is 8. The minimum atomic E-state index is -0.971. The van der Waals surface area contributed by atoms with Crippen LogP contribution in [0.3, 0.4) is 0 Å². The number of carbonyl (C=O) groups is 3. The standard InChI is InChI=1S/C31H40N4O7/c1-2-3-10-33(12-9-32)28(38)17-34-16-23(21-13-22(18-36)30-26(14-21)41-19-42-30)29(31(39)40)25(34)8-11-35-24-7-5-4-6-20(24)15-27(35)37/h4-7,13-14,23,25,29,36H,2-3,8-12,15-19,32H2,1H3,(H,39,40)/t23-,25+,29-/m1/s1. The van der Waals surface area contributed by atoms with E-state index in [-0.39, 0.29) is 31.8 Å². The van der Waals surface area contributed by atoms with Crippen LogP contribution < -0.4 is 20.1 Å². The number of anilines is 1. The number of fused-ring (bicyclic) bond motifs is 2. The lowest BCUT2D eigenvalue weighted by atomic mass is 9.83. The van der Waals surface area contributed by atoms with Crippen LogP contribution in [0, 0.1) is 5.92 Å². The number of likely N-dealkylation sites (tertiary alicyclic amines) is 1. The van der Waals surface area contributed by atoms with E-state index in [1.54, 1.807) is 21.9 Å². The van der Waals surface area contributed by atoms with Crippen LogP contribution in [0.2, 0.25) is 0 Å². The Morgan fingerprint density at radius 1 is 1.17 bits per heavy atom. The fraction of sp³-hybridized carbons (Fsp3) is 0.516. The lowest BCUT2D eigenvalue weighted by molar-refractivity contribution is -0.143. The summed E-state index contributed by atoms with van der Waals surface area (Å²) < 4.78 is 11.1. The van der Waals surface area contributed by atoms with E-state index in [9.17, 15) is 24.6 Å². The maximum Gasteiger partial charge on any atom is 0.308 e. The molecule has 3 atom stereocenters. The number of carboxylic acid groups (broad SMARTS) is 1. The highest BCUT2D eigenvalue weighted by Gasteiger charge is 2.48. The summed E-state index contributed by atoms with van der Waals surface area (Å²) in [4.78, 5) is 44.8. The van der Waals surface area contributed by atoms with E-state index in [0.717, 1.165) is 24.1 Å². The number of amides is 2. The van der Waals surface area contributed by atoms with Gasteiger partial charge in [0, 0.05) is 55.9 Å². The van der Waals surface area contributed by atoms with Crippen molar-refractivity contribution in [1.82, 2.24) is 9.80 Å². The molecule has 0 radical (unpaired) electrons. The molecule has 3 heterocycles. The molecule has 2 aromatic rings. The Kier molecular flexibility index (Phi) is 9.30. The van der Waals surface area contributed by atoms with E-state index in [0.29, 0.717) is 68.2 Å². The van der Waals surface area contributed by atoms with Crippen molar-refractivity contribution in [3.05, 3.63) is 53.1 Å². The number of aliphatic hydroxyl groups excluding tert-OH is 1. The smallest absolute Gasteiger partial charge is 0.308 e. The van der Waals surface area contributed by atoms with E-state index in [1.165, 1.54) is 0 Å². The molecule has 5 rings (SSSR count). The highest BCUT2D eigenvalue weighted by Crippen LogP contribution is 2.45. The maximum absolute atomic E-state index is 13.5. The third kappa shape index (κ3) is 5.95. The second-order valence-electron chi connectivity index (χ2n) is 11.2. The van der Waals surface area contributed by atoms with Crippen LogP contribution in [0.5, 0.6) is 11.5 Å². The van der Waals surface area contributed by atoms with Crippen molar-refractivity contribution >= 4 is 23.5 Å². The molecule has 226 valence electrons. The first-order valence-electron chi connectivity index (χ1n) is 14.7. The van der Waals surface area contributed by atoms with Gasteiger partial charge in [-0.25, -0.2) is 0 Å². The molecule has 2 amide bonds. The maximum atomic E-state index is 13.5. The molecular formula is C31H40N4O7. The molecule has 3 aliphatic heterocycles. The van der Waals surface area contributed by atoms with Crippen molar-refractivity contribution < 1.29 is 34.1 Å². The SMILES string of the molecule is CCCCN(CCN)C(=O)CN1C[C@H](c2cc(CO)c3c(c2)OCO3)[C@@H](C(=O)O)[C@@H]1CCN1C(=O)Cc2ccccc21. The van der Waals surface area contributed by atoms with Gasteiger partial charge in [0.15, 0.2) is 11.5 Å². The number of nitrogens with zero attached hydrogens (tertiary/aromatic N) is 3. The zero-order chi connectivity index (χ0) is 29.8. The van der Waals surface area contributed by atoms with Crippen molar-refractivity contribution in [1.29, 1.82) is 0 Å². The van der Waals surface area contributed by atoms with Crippen molar-refractivity contribution in [2.45, 2.75) is 51.2 Å². The normalized spacial score (nSPS) is 21.2. The molecule has 11 nitrogen and oxygen atoms in total. The summed E-state index contributed by atoms with van der Waals surface area (Å²) in [5.41, 5.74) is 8.86. The number of aliphatic hydroxyl groups is 1. The number of aliphatic carboxylic acids is 1. The first-order valence-corrected chi connectivity index (χ1v) is 14.7. The molecule has 0 aliphatic carbocycles. The second-order valence-corrected chi connectivity index (χ2v) is 11.2. The summed E-state index contributed by atoms with van der Waals surface area (Å²) in [5, 5.41) is 20.6. The summed E-state index contributed by atoms with van der Waals surface area (Å²) >= 11 is 0. The molecule has 42 heavy (non-hydrogen) atoms. The molecule has 11 heteroatoms. The van der Waals surface area contributed by atoms with Gasteiger partial charge in [-0.1, -0.05) is 31.5 Å². The van der Waals surface area contributed by atoms with Crippen molar-refractivity contribution in [3.63, 3.8) is 0 Å². The number of hydrogen-bond donors (Lipinski definition) is 3. The van der Waals surface area contributed by atoms with Gasteiger partial charge in [0.2, 0.25) is 18.6 Å². The molecule has 0 spiro atoms. The monoisotopic (exact) mass is 580 g/mol. The van der Waals surface area contributed by atoms with Crippen LogP contribution in [0.1, 0.15) is 48.8 Å². The summed E-state index contributed by atoms with van der Waals surface area (Å²) in [6.45, 7) is 3.91. The molecule has 0 aromatic heterocycles. The molecule has 0 unspecified atom stereocenters. The van der Waals surface area contributed by atoms with Crippen LogP contribution in [0.4, 0.5) is 5.69 Å². The van der Waals surface area contributed by atoms with E-state index >= 15 is 0 Å². The average molecular weight is 581 g/mol. The second kappa shape index (κ2) is 13.1. The molecule has 2 aromatic carbocycles. The third-order valence-electron chi connectivity index (χ3n) is 8.65. The van der Waals surface area contributed by atoms with Gasteiger partial charge >= 0.3 is 5.97 Å². The minimum Gasteiger partial charge on any atom is -0.481 e. The van der Waals surface area contributed by atoms with Gasteiger partial charge in [-0.2, -0.15) is 0 Å². The Morgan fingerprint density at radius 3 is 2.71 bits per heavy atom. The highest BCUT2D eigenvalue weighted by molar-refractivity contribution is 6.01. The molecule has 0 saturated carbocycles. The third-order valence-corrected chi connectivity index (χ3v) is 8.65. The van der Waals surface area contributed by atoms with Crippen LogP contribution >= 0.6 is 0 Å². The van der Waals surface area contributed by atoms with Gasteiger partial charge in [0.1, 0.15) is 0 Å². The van der Waals surface area contributed by atoms with E-state index < -0.39 is 23.8 Å². The first kappa shape index (κ1) is 29.8. The van der Waals surface area contributed by atoms with Gasteiger partial charge in [0.25, 0.3) is 0 Å². The molecule has 4 N–H and O–H groups in total. The molecule has 1 fully saturated rings. The zero-order valence-electron chi connectivity index (χ0n) is 24.0. The number of carbonyl (C=O) groups excluding carboxylic acids is 2. The minimum absolute atomic E-state index is 0.0164. The van der Waals surface area contributed by atoms with Crippen LogP contribution in [-0.4, -0.2) is 89.9 Å². The lowest BCUT2D eigenvalue weighted by Crippen LogP contribution is -2.46. The lowest BCUT2D eigenvalue weighted by Gasteiger charge is -2.30. The Hall–Kier alpha value is -3.67. The summed E-state index contributed by atoms with van der Waals surface area (Å²) in [6, 6.07) is 10.7. The number of rotatable bonds is 13. The van der Waals surface area contributed by atoms with Gasteiger partial charge < -0.3 is 35.2 Å². The fourth-order valence-electron chi connectivity index (χ4n) is 6.59. The molecule has 1 saturated heterocycles. The highest BCUT2D eigenvalue weighted by atomic mass is 16.7. The number of unbranched alkanes of at least 4 members (excludes halogenated alkanes) is 1. The fourth-order valence-corrected chi connectivity index (χ4v) is 6.59. The van der Waals surface area contributed by atoms with Crippen LogP contribution in [-0.2, 0) is 27.4 Å². The van der Waals surface area contributed by atoms with E-state index in [4.69, 9.17) is 15.2 Å². The quantitative estimate of drug-likeness (QED) is 0.324. The zero-order valence-corrected chi connectivity index (χ0v) is 24.0. The molecule has 0 bridgehead atoms. The summed E-state index contributed by atoms with van der Waals surface area (Å²) in [7, 11) is 0. The topological polar surface area (TPSA) is 146 Å². The summed E-state index contributed by atoms with van der Waals surface area (Å²) in [6.07, 6.45) is 2.49. The number of benzene rings is 2. The van der Waals surface area contributed by atoms with Crippen LogP contribution in [0.15, 0.2) is 36.4 Å². The van der Waals surface area contributed by atoms with Crippen LogP contribution in [0.25, 0.3) is 0 Å². The van der Waals surface area contributed by atoms with Gasteiger partial charge in [0.05, 0.1) is 25.5 Å². The predicted molar refractivity (Wildman–Crippen MR) is 155 cm³/mol. The summed E-state index contributed by atoms with van der Waals surface area (Å²) in [5.74, 6) is -1.46. The Balaban J connectivity index is 1.45. The van der Waals surface area contributed by atoms with Crippen molar-refractivity contribution in [3.8, 4) is 11.5 Å². The molecular weight excluding hydrogens is 540 g/mol.